The van der Waals surface area contributed by atoms with Gasteiger partial charge in [0.2, 0.25) is 11.8 Å². The lowest BCUT2D eigenvalue weighted by Crippen LogP contribution is -2.38. The SMILES string of the molecule is CC(CCl)C(=O)N(C)CC(N)=O. The number of hydrogen-bond donors (Lipinski definition) is 1. The number of carbonyl (C=O) groups is 2. The minimum absolute atomic E-state index is 0.0555. The zero-order valence-corrected chi connectivity index (χ0v) is 7.97. The molecule has 0 aromatic carbocycles. The van der Waals surface area contributed by atoms with Crippen molar-refractivity contribution < 1.29 is 9.59 Å². The van der Waals surface area contributed by atoms with Gasteiger partial charge in [-0.25, -0.2) is 0 Å². The summed E-state index contributed by atoms with van der Waals surface area (Å²) in [7, 11) is 1.52. The Balaban J connectivity index is 4.01. The minimum atomic E-state index is -0.521. The van der Waals surface area contributed by atoms with Crippen LogP contribution in [0.1, 0.15) is 6.92 Å². The number of amides is 2. The summed E-state index contributed by atoms with van der Waals surface area (Å²) in [6.45, 7) is 1.65. The van der Waals surface area contributed by atoms with Crippen molar-refractivity contribution in [1.29, 1.82) is 0 Å². The van der Waals surface area contributed by atoms with Crippen LogP contribution in [0, 0.1) is 5.92 Å². The summed E-state index contributed by atoms with van der Waals surface area (Å²) in [5.41, 5.74) is 4.91. The van der Waals surface area contributed by atoms with Gasteiger partial charge in [-0.2, -0.15) is 0 Å². The second-order valence-electron chi connectivity index (χ2n) is 2.72. The molecule has 70 valence electrons. The summed E-state index contributed by atoms with van der Waals surface area (Å²) in [5.74, 6) is -0.700. The molecule has 0 rings (SSSR count). The molecule has 0 fully saturated rings. The highest BCUT2D eigenvalue weighted by atomic mass is 35.5. The molecule has 2 N–H and O–H groups in total. The van der Waals surface area contributed by atoms with E-state index in [0.717, 1.165) is 0 Å². The Morgan fingerprint density at radius 3 is 2.42 bits per heavy atom. The first-order valence-corrected chi connectivity index (χ1v) is 4.11. The summed E-state index contributed by atoms with van der Waals surface area (Å²) in [6, 6.07) is 0. The van der Waals surface area contributed by atoms with E-state index in [2.05, 4.69) is 0 Å². The topological polar surface area (TPSA) is 63.4 Å². The van der Waals surface area contributed by atoms with E-state index in [1.165, 1.54) is 11.9 Å². The molecule has 0 aliphatic rings. The fourth-order valence-corrected chi connectivity index (χ4v) is 0.886. The smallest absolute Gasteiger partial charge is 0.237 e. The number of likely N-dealkylation sites (N-methyl/N-ethyl adjacent to an activating group) is 1. The molecule has 1 atom stereocenters. The van der Waals surface area contributed by atoms with Gasteiger partial charge in [0.1, 0.15) is 0 Å². The van der Waals surface area contributed by atoms with Crippen LogP contribution in [0.5, 0.6) is 0 Å². The Hall–Kier alpha value is -0.770. The van der Waals surface area contributed by atoms with Crippen molar-refractivity contribution in [2.24, 2.45) is 11.7 Å². The number of carbonyl (C=O) groups excluding carboxylic acids is 2. The molecule has 1 unspecified atom stereocenters. The van der Waals surface area contributed by atoms with E-state index in [1.807, 2.05) is 0 Å². The van der Waals surface area contributed by atoms with Crippen LogP contribution >= 0.6 is 11.6 Å². The molecule has 4 nitrogen and oxygen atoms in total. The van der Waals surface area contributed by atoms with Gasteiger partial charge in [0.25, 0.3) is 0 Å². The highest BCUT2D eigenvalue weighted by molar-refractivity contribution is 6.19. The maximum Gasteiger partial charge on any atom is 0.237 e. The van der Waals surface area contributed by atoms with Crippen molar-refractivity contribution in [2.75, 3.05) is 19.5 Å². The van der Waals surface area contributed by atoms with Crippen LogP contribution in [0.4, 0.5) is 0 Å². The monoisotopic (exact) mass is 192 g/mol. The van der Waals surface area contributed by atoms with Gasteiger partial charge >= 0.3 is 0 Å². The van der Waals surface area contributed by atoms with E-state index < -0.39 is 5.91 Å². The normalized spacial score (nSPS) is 12.2. The van der Waals surface area contributed by atoms with Gasteiger partial charge in [-0.05, 0) is 0 Å². The highest BCUT2D eigenvalue weighted by Gasteiger charge is 2.17. The van der Waals surface area contributed by atoms with Crippen molar-refractivity contribution in [2.45, 2.75) is 6.92 Å². The summed E-state index contributed by atoms with van der Waals surface area (Å²) >= 11 is 5.46. The Kier molecular flexibility index (Phi) is 4.66. The molecule has 0 aliphatic carbocycles. The van der Waals surface area contributed by atoms with Gasteiger partial charge < -0.3 is 10.6 Å². The molecule has 0 saturated carbocycles. The fourth-order valence-electron chi connectivity index (χ4n) is 0.754. The number of rotatable bonds is 4. The average Bonchev–Trinajstić information content (AvgIpc) is 2.00. The van der Waals surface area contributed by atoms with Crippen LogP contribution in [0.3, 0.4) is 0 Å². The number of hydrogen-bond acceptors (Lipinski definition) is 2. The van der Waals surface area contributed by atoms with Gasteiger partial charge in [0, 0.05) is 18.8 Å². The molecule has 0 heterocycles. The largest absolute Gasteiger partial charge is 0.368 e. The van der Waals surface area contributed by atoms with E-state index in [4.69, 9.17) is 17.3 Å². The summed E-state index contributed by atoms with van der Waals surface area (Å²) in [5, 5.41) is 0. The third-order valence-corrected chi connectivity index (χ3v) is 1.89. The molecular weight excluding hydrogens is 180 g/mol. The summed E-state index contributed by atoms with van der Waals surface area (Å²) in [4.78, 5) is 22.9. The zero-order valence-electron chi connectivity index (χ0n) is 7.21. The Morgan fingerprint density at radius 2 is 2.08 bits per heavy atom. The molecule has 0 saturated heterocycles. The van der Waals surface area contributed by atoms with Gasteiger partial charge in [-0.3, -0.25) is 9.59 Å². The second kappa shape index (κ2) is 4.98. The van der Waals surface area contributed by atoms with E-state index in [9.17, 15) is 9.59 Å². The van der Waals surface area contributed by atoms with E-state index in [-0.39, 0.29) is 24.2 Å². The highest BCUT2D eigenvalue weighted by Crippen LogP contribution is 2.02. The number of primary amides is 1. The molecule has 5 heteroatoms. The molecule has 0 aromatic heterocycles. The van der Waals surface area contributed by atoms with Crippen LogP contribution in [0.25, 0.3) is 0 Å². The predicted octanol–water partition coefficient (Wildman–Crippen LogP) is -0.195. The van der Waals surface area contributed by atoms with Gasteiger partial charge in [-0.1, -0.05) is 6.92 Å². The third kappa shape index (κ3) is 3.57. The van der Waals surface area contributed by atoms with Gasteiger partial charge in [0.05, 0.1) is 6.54 Å². The lowest BCUT2D eigenvalue weighted by atomic mass is 10.2. The van der Waals surface area contributed by atoms with Crippen molar-refractivity contribution in [1.82, 2.24) is 4.90 Å². The Labute approximate surface area is 76.7 Å². The summed E-state index contributed by atoms with van der Waals surface area (Å²) in [6.07, 6.45) is 0. The second-order valence-corrected chi connectivity index (χ2v) is 3.02. The van der Waals surface area contributed by atoms with Crippen LogP contribution in [-0.4, -0.2) is 36.2 Å². The number of nitrogens with zero attached hydrogens (tertiary/aromatic N) is 1. The fraction of sp³-hybridized carbons (Fsp3) is 0.714. The lowest BCUT2D eigenvalue weighted by molar-refractivity contribution is -0.136. The van der Waals surface area contributed by atoms with Crippen LogP contribution in [0.2, 0.25) is 0 Å². The van der Waals surface area contributed by atoms with Crippen molar-refractivity contribution in [3.8, 4) is 0 Å². The molecule has 2 amide bonds. The molecule has 0 bridgehead atoms. The predicted molar refractivity (Wildman–Crippen MR) is 46.7 cm³/mol. The molecular formula is C7H13ClN2O2. The number of nitrogens with two attached hydrogens (primary N) is 1. The van der Waals surface area contributed by atoms with Gasteiger partial charge in [0.15, 0.2) is 0 Å². The van der Waals surface area contributed by atoms with E-state index >= 15 is 0 Å². The first-order valence-electron chi connectivity index (χ1n) is 3.58. The Morgan fingerprint density at radius 1 is 1.58 bits per heavy atom. The van der Waals surface area contributed by atoms with Gasteiger partial charge in [-0.15, -0.1) is 11.6 Å². The van der Waals surface area contributed by atoms with Crippen molar-refractivity contribution in [3.63, 3.8) is 0 Å². The Bertz CT molecular complexity index is 184. The number of halogens is 1. The minimum Gasteiger partial charge on any atom is -0.368 e. The van der Waals surface area contributed by atoms with Crippen LogP contribution < -0.4 is 5.73 Å². The quantitative estimate of drug-likeness (QED) is 0.628. The standard InChI is InChI=1S/C7H13ClN2O2/c1-5(3-8)7(12)10(2)4-6(9)11/h5H,3-4H2,1-2H3,(H2,9,11). The van der Waals surface area contributed by atoms with Crippen molar-refractivity contribution in [3.05, 3.63) is 0 Å². The zero-order chi connectivity index (χ0) is 9.72. The molecule has 0 aromatic rings. The first-order chi connectivity index (χ1) is 5.49. The van der Waals surface area contributed by atoms with Crippen LogP contribution in [-0.2, 0) is 9.59 Å². The first kappa shape index (κ1) is 11.2. The molecule has 12 heavy (non-hydrogen) atoms. The molecule has 0 aliphatic heterocycles. The van der Waals surface area contributed by atoms with Crippen molar-refractivity contribution >= 4 is 23.4 Å². The molecule has 0 spiro atoms. The van der Waals surface area contributed by atoms with E-state index in [1.54, 1.807) is 6.92 Å². The number of alkyl halides is 1. The maximum atomic E-state index is 11.2. The van der Waals surface area contributed by atoms with E-state index in [0.29, 0.717) is 0 Å². The average molecular weight is 193 g/mol. The molecule has 0 radical (unpaired) electrons. The maximum absolute atomic E-state index is 11.2. The summed E-state index contributed by atoms with van der Waals surface area (Å²) < 4.78 is 0. The van der Waals surface area contributed by atoms with Crippen LogP contribution in [0.15, 0.2) is 0 Å². The third-order valence-electron chi connectivity index (χ3n) is 1.42. The lowest BCUT2D eigenvalue weighted by Gasteiger charge is -2.18.